The first-order valence-corrected chi connectivity index (χ1v) is 9.61. The molecule has 3 aromatic rings. The van der Waals surface area contributed by atoms with Gasteiger partial charge in [-0.1, -0.05) is 70.5 Å². The van der Waals surface area contributed by atoms with Crippen molar-refractivity contribution < 1.29 is 0 Å². The number of nitrogens with zero attached hydrogens (tertiary/aromatic N) is 1. The molecule has 1 nitrogen and oxygen atoms in total. The third-order valence-electron chi connectivity index (χ3n) is 4.12. The minimum Gasteiger partial charge on any atom is -0.252 e. The van der Waals surface area contributed by atoms with Gasteiger partial charge < -0.3 is 0 Å². The lowest BCUT2D eigenvalue weighted by Crippen LogP contribution is -2.05. The number of thioether (sulfide) groups is 1. The second-order valence-corrected chi connectivity index (χ2v) is 7.91. The van der Waals surface area contributed by atoms with Gasteiger partial charge in [-0.15, -0.1) is 11.8 Å². The molecule has 0 bridgehead atoms. The first-order valence-electron chi connectivity index (χ1n) is 7.94. The van der Waals surface area contributed by atoms with Gasteiger partial charge in [0.1, 0.15) is 0 Å². The van der Waals surface area contributed by atoms with Crippen LogP contribution in [0.1, 0.15) is 22.8 Å². The summed E-state index contributed by atoms with van der Waals surface area (Å²) in [6.45, 7) is 0. The third kappa shape index (κ3) is 3.33. The summed E-state index contributed by atoms with van der Waals surface area (Å²) in [6, 6.07) is 27.6. The molecule has 1 heterocycles. The van der Waals surface area contributed by atoms with Crippen molar-refractivity contribution in [1.82, 2.24) is 0 Å². The molecule has 0 radical (unpaired) electrons. The van der Waals surface area contributed by atoms with E-state index in [2.05, 4.69) is 94.8 Å². The monoisotopic (exact) mass is 393 g/mol. The summed E-state index contributed by atoms with van der Waals surface area (Å²) in [5.41, 5.74) is 4.76. The van der Waals surface area contributed by atoms with Crippen LogP contribution in [0.5, 0.6) is 0 Å². The van der Waals surface area contributed by atoms with E-state index in [1.807, 2.05) is 11.8 Å². The molecule has 0 fully saturated rings. The lowest BCUT2D eigenvalue weighted by atomic mass is 10.0. The minimum absolute atomic E-state index is 0.372. The average Bonchev–Trinajstić information content (AvgIpc) is 2.83. The second kappa shape index (κ2) is 6.96. The van der Waals surface area contributed by atoms with Gasteiger partial charge in [0.25, 0.3) is 0 Å². The van der Waals surface area contributed by atoms with Gasteiger partial charge in [0.05, 0.1) is 5.69 Å². The van der Waals surface area contributed by atoms with Crippen LogP contribution in [0.2, 0.25) is 0 Å². The Labute approximate surface area is 155 Å². The van der Waals surface area contributed by atoms with Crippen LogP contribution in [0, 0.1) is 0 Å². The van der Waals surface area contributed by atoms with Crippen molar-refractivity contribution >= 4 is 39.1 Å². The van der Waals surface area contributed by atoms with Crippen molar-refractivity contribution in [2.24, 2.45) is 4.99 Å². The van der Waals surface area contributed by atoms with Gasteiger partial charge in [0.15, 0.2) is 0 Å². The SMILES string of the molecule is Brc1ccc(C2=Nc3ccccc3S[C@H](c3ccccc3)C2)cc1. The Morgan fingerprint density at radius 1 is 0.833 bits per heavy atom. The van der Waals surface area contributed by atoms with Crippen molar-refractivity contribution in [2.75, 3.05) is 0 Å². The van der Waals surface area contributed by atoms with Crippen LogP contribution in [0.15, 0.2) is 93.2 Å². The fraction of sp³-hybridized carbons (Fsp3) is 0.0952. The Balaban J connectivity index is 1.80. The number of fused-ring (bicyclic) bond motifs is 1. The molecule has 1 atom stereocenters. The number of para-hydroxylation sites is 1. The number of benzene rings is 3. The number of aliphatic imine (C=N–C) groups is 1. The number of hydrogen-bond donors (Lipinski definition) is 0. The topological polar surface area (TPSA) is 12.4 Å². The molecule has 0 amide bonds. The number of rotatable bonds is 2. The highest BCUT2D eigenvalue weighted by atomic mass is 79.9. The molecular formula is C21H16BrNS. The van der Waals surface area contributed by atoms with Gasteiger partial charge in [-0.25, -0.2) is 0 Å². The van der Waals surface area contributed by atoms with Crippen LogP contribution in [0.4, 0.5) is 5.69 Å². The van der Waals surface area contributed by atoms with E-state index in [0.29, 0.717) is 5.25 Å². The molecule has 0 N–H and O–H groups in total. The maximum atomic E-state index is 5.00. The van der Waals surface area contributed by atoms with E-state index in [1.54, 1.807) is 0 Å². The summed E-state index contributed by atoms with van der Waals surface area (Å²) in [6.07, 6.45) is 0.922. The van der Waals surface area contributed by atoms with Gasteiger partial charge in [-0.2, -0.15) is 0 Å². The van der Waals surface area contributed by atoms with Crippen molar-refractivity contribution in [3.05, 3.63) is 94.5 Å². The highest BCUT2D eigenvalue weighted by Crippen LogP contribution is 2.45. The fourth-order valence-electron chi connectivity index (χ4n) is 2.89. The molecule has 1 aliphatic heterocycles. The largest absolute Gasteiger partial charge is 0.252 e. The summed E-state index contributed by atoms with van der Waals surface area (Å²) in [5, 5.41) is 0.372. The zero-order valence-electron chi connectivity index (χ0n) is 13.0. The molecule has 0 aliphatic carbocycles. The standard InChI is InChI=1S/C21H16BrNS/c22-17-12-10-15(11-13-17)19-14-21(16-6-2-1-3-7-16)24-20-9-5-4-8-18(20)23-19/h1-13,21H,14H2/t21-/m0/s1. The molecule has 0 aromatic heterocycles. The van der Waals surface area contributed by atoms with E-state index >= 15 is 0 Å². The van der Waals surface area contributed by atoms with E-state index in [0.717, 1.165) is 22.3 Å². The number of hydrogen-bond acceptors (Lipinski definition) is 2. The quantitative estimate of drug-likeness (QED) is 0.465. The van der Waals surface area contributed by atoms with Crippen LogP contribution in [0.3, 0.4) is 0 Å². The first kappa shape index (κ1) is 15.7. The van der Waals surface area contributed by atoms with Crippen LogP contribution in [-0.2, 0) is 0 Å². The van der Waals surface area contributed by atoms with Crippen LogP contribution in [-0.4, -0.2) is 5.71 Å². The molecule has 118 valence electrons. The lowest BCUT2D eigenvalue weighted by Gasteiger charge is -2.16. The summed E-state index contributed by atoms with van der Waals surface area (Å²) >= 11 is 5.42. The fourth-order valence-corrected chi connectivity index (χ4v) is 4.39. The van der Waals surface area contributed by atoms with Crippen molar-refractivity contribution in [3.8, 4) is 0 Å². The summed E-state index contributed by atoms with van der Waals surface area (Å²) in [7, 11) is 0. The number of halogens is 1. The van der Waals surface area contributed by atoms with Gasteiger partial charge in [0.2, 0.25) is 0 Å². The molecule has 24 heavy (non-hydrogen) atoms. The first-order chi connectivity index (χ1) is 11.8. The zero-order chi connectivity index (χ0) is 16.4. The van der Waals surface area contributed by atoms with Crippen molar-refractivity contribution in [2.45, 2.75) is 16.6 Å². The van der Waals surface area contributed by atoms with E-state index in [9.17, 15) is 0 Å². The molecule has 3 aromatic carbocycles. The molecule has 1 aliphatic rings. The van der Waals surface area contributed by atoms with E-state index < -0.39 is 0 Å². The van der Waals surface area contributed by atoms with Crippen LogP contribution >= 0.6 is 27.7 Å². The normalized spacial score (nSPS) is 16.9. The maximum Gasteiger partial charge on any atom is 0.0769 e. The molecule has 0 spiro atoms. The van der Waals surface area contributed by atoms with E-state index in [1.165, 1.54) is 16.0 Å². The van der Waals surface area contributed by atoms with Gasteiger partial charge in [-0.05, 0) is 35.4 Å². The maximum absolute atomic E-state index is 5.00. The Morgan fingerprint density at radius 3 is 2.33 bits per heavy atom. The van der Waals surface area contributed by atoms with Gasteiger partial charge in [-0.3, -0.25) is 4.99 Å². The minimum atomic E-state index is 0.372. The molecular weight excluding hydrogens is 378 g/mol. The summed E-state index contributed by atoms with van der Waals surface area (Å²) < 4.78 is 1.09. The Bertz CT molecular complexity index is 872. The smallest absolute Gasteiger partial charge is 0.0769 e. The van der Waals surface area contributed by atoms with Crippen LogP contribution < -0.4 is 0 Å². The average molecular weight is 394 g/mol. The van der Waals surface area contributed by atoms with Crippen molar-refractivity contribution in [3.63, 3.8) is 0 Å². The Hall–Kier alpha value is -1.84. The van der Waals surface area contributed by atoms with E-state index in [4.69, 9.17) is 4.99 Å². The van der Waals surface area contributed by atoms with Gasteiger partial charge >= 0.3 is 0 Å². The molecule has 0 saturated carbocycles. The Kier molecular flexibility index (Phi) is 4.54. The predicted molar refractivity (Wildman–Crippen MR) is 106 cm³/mol. The van der Waals surface area contributed by atoms with Crippen LogP contribution in [0.25, 0.3) is 0 Å². The van der Waals surface area contributed by atoms with Gasteiger partial charge in [0, 0.05) is 26.8 Å². The third-order valence-corrected chi connectivity index (χ3v) is 5.97. The molecule has 4 rings (SSSR count). The molecule has 0 unspecified atom stereocenters. The predicted octanol–water partition coefficient (Wildman–Crippen LogP) is 6.81. The second-order valence-electron chi connectivity index (χ2n) is 5.75. The zero-order valence-corrected chi connectivity index (χ0v) is 15.4. The molecule has 3 heteroatoms. The summed E-state index contributed by atoms with van der Waals surface area (Å²) in [5.74, 6) is 0. The Morgan fingerprint density at radius 2 is 1.54 bits per heavy atom. The van der Waals surface area contributed by atoms with E-state index in [-0.39, 0.29) is 0 Å². The highest BCUT2D eigenvalue weighted by molar-refractivity contribution is 9.10. The molecule has 0 saturated heterocycles. The highest BCUT2D eigenvalue weighted by Gasteiger charge is 2.22. The van der Waals surface area contributed by atoms with Crippen molar-refractivity contribution in [1.29, 1.82) is 0 Å². The lowest BCUT2D eigenvalue weighted by molar-refractivity contribution is 1.01. The summed E-state index contributed by atoms with van der Waals surface area (Å²) in [4.78, 5) is 6.24.